The van der Waals surface area contributed by atoms with E-state index in [-0.39, 0.29) is 0 Å². The van der Waals surface area contributed by atoms with Gasteiger partial charge in [-0.15, -0.1) is 0 Å². The van der Waals surface area contributed by atoms with Crippen molar-refractivity contribution < 1.29 is 5.11 Å². The SMILES string of the molecule is CC1(C)CCC(O)(CNc2cc3[nH]ncc3cc2N)CC1. The Bertz CT molecular complexity index is 637. The highest BCUT2D eigenvalue weighted by Crippen LogP contribution is 2.40. The van der Waals surface area contributed by atoms with Gasteiger partial charge in [0.15, 0.2) is 0 Å². The van der Waals surface area contributed by atoms with Crippen LogP contribution in [0.2, 0.25) is 0 Å². The van der Waals surface area contributed by atoms with E-state index in [4.69, 9.17) is 5.73 Å². The zero-order chi connectivity index (χ0) is 15.1. The first-order valence-electron chi connectivity index (χ1n) is 7.56. The molecule has 1 heterocycles. The maximum atomic E-state index is 10.7. The van der Waals surface area contributed by atoms with Gasteiger partial charge in [-0.25, -0.2) is 0 Å². The first-order valence-corrected chi connectivity index (χ1v) is 7.56. The molecule has 5 heteroatoms. The van der Waals surface area contributed by atoms with Gasteiger partial charge >= 0.3 is 0 Å². The Balaban J connectivity index is 1.70. The third kappa shape index (κ3) is 2.97. The second-order valence-corrected chi connectivity index (χ2v) is 7.14. The van der Waals surface area contributed by atoms with Crippen LogP contribution in [0.1, 0.15) is 39.5 Å². The van der Waals surface area contributed by atoms with E-state index in [1.54, 1.807) is 6.20 Å². The summed E-state index contributed by atoms with van der Waals surface area (Å²) in [5.41, 5.74) is 8.26. The van der Waals surface area contributed by atoms with Crippen molar-refractivity contribution in [3.63, 3.8) is 0 Å². The number of nitrogens with two attached hydrogens (primary N) is 1. The molecule has 5 N–H and O–H groups in total. The zero-order valence-electron chi connectivity index (χ0n) is 12.7. The van der Waals surface area contributed by atoms with Crippen LogP contribution in [0.25, 0.3) is 10.9 Å². The summed E-state index contributed by atoms with van der Waals surface area (Å²) in [6.07, 6.45) is 5.53. The number of nitrogens with zero attached hydrogens (tertiary/aromatic N) is 1. The zero-order valence-corrected chi connectivity index (χ0v) is 12.7. The van der Waals surface area contributed by atoms with Crippen molar-refractivity contribution in [3.05, 3.63) is 18.3 Å². The van der Waals surface area contributed by atoms with E-state index in [1.165, 1.54) is 0 Å². The Labute approximate surface area is 124 Å². The number of anilines is 2. The summed E-state index contributed by atoms with van der Waals surface area (Å²) in [6, 6.07) is 3.85. The van der Waals surface area contributed by atoms with Crippen molar-refractivity contribution in [2.75, 3.05) is 17.6 Å². The average molecular weight is 288 g/mol. The van der Waals surface area contributed by atoms with Crippen LogP contribution in [-0.2, 0) is 0 Å². The number of hydrogen-bond donors (Lipinski definition) is 4. The molecule has 1 fully saturated rings. The van der Waals surface area contributed by atoms with Gasteiger partial charge in [0.25, 0.3) is 0 Å². The number of H-pyrrole nitrogens is 1. The fraction of sp³-hybridized carbons (Fsp3) is 0.562. The van der Waals surface area contributed by atoms with E-state index in [0.29, 0.717) is 17.6 Å². The fourth-order valence-corrected chi connectivity index (χ4v) is 2.99. The summed E-state index contributed by atoms with van der Waals surface area (Å²) in [5, 5.41) is 22.0. The lowest BCUT2D eigenvalue weighted by atomic mass is 9.71. The molecule has 2 aromatic rings. The van der Waals surface area contributed by atoms with Crippen LogP contribution in [-0.4, -0.2) is 27.4 Å². The molecule has 0 spiro atoms. The molecule has 0 bridgehead atoms. The molecule has 1 aliphatic carbocycles. The second kappa shape index (κ2) is 4.91. The predicted molar refractivity (Wildman–Crippen MR) is 86.2 cm³/mol. The van der Waals surface area contributed by atoms with Gasteiger partial charge in [0.1, 0.15) is 0 Å². The van der Waals surface area contributed by atoms with Crippen LogP contribution in [0.5, 0.6) is 0 Å². The largest absolute Gasteiger partial charge is 0.397 e. The summed E-state index contributed by atoms with van der Waals surface area (Å²) in [5.74, 6) is 0. The standard InChI is InChI=1S/C16H24N4O/c1-15(2)3-5-16(21,6-4-15)10-18-14-8-13-11(7-12(14)17)9-19-20-13/h7-9,18,21H,3-6,10,17H2,1-2H3,(H,19,20). The van der Waals surface area contributed by atoms with E-state index < -0.39 is 5.60 Å². The maximum Gasteiger partial charge on any atom is 0.0819 e. The highest BCUT2D eigenvalue weighted by atomic mass is 16.3. The second-order valence-electron chi connectivity index (χ2n) is 7.14. The van der Waals surface area contributed by atoms with Gasteiger partial charge < -0.3 is 16.2 Å². The first kappa shape index (κ1) is 14.2. The average Bonchev–Trinajstić information content (AvgIpc) is 2.87. The minimum Gasteiger partial charge on any atom is -0.397 e. The molecule has 114 valence electrons. The normalized spacial score (nSPS) is 20.5. The molecule has 1 saturated carbocycles. The Morgan fingerprint density at radius 2 is 2.00 bits per heavy atom. The van der Waals surface area contributed by atoms with Crippen molar-refractivity contribution >= 4 is 22.3 Å². The number of hydrogen-bond acceptors (Lipinski definition) is 4. The Kier molecular flexibility index (Phi) is 3.32. The molecular weight excluding hydrogens is 264 g/mol. The molecule has 1 aromatic heterocycles. The number of nitrogens with one attached hydrogen (secondary N) is 2. The molecule has 0 amide bonds. The third-order valence-electron chi connectivity index (χ3n) is 4.75. The van der Waals surface area contributed by atoms with Gasteiger partial charge in [0.2, 0.25) is 0 Å². The summed E-state index contributed by atoms with van der Waals surface area (Å²) in [4.78, 5) is 0. The Hall–Kier alpha value is -1.75. The molecular formula is C16H24N4O. The number of fused-ring (bicyclic) bond motifs is 1. The van der Waals surface area contributed by atoms with Crippen molar-refractivity contribution in [2.45, 2.75) is 45.1 Å². The van der Waals surface area contributed by atoms with Crippen LogP contribution in [0.4, 0.5) is 11.4 Å². The molecule has 3 rings (SSSR count). The molecule has 1 aromatic carbocycles. The van der Waals surface area contributed by atoms with Crippen molar-refractivity contribution in [2.24, 2.45) is 5.41 Å². The number of aliphatic hydroxyl groups is 1. The van der Waals surface area contributed by atoms with E-state index in [9.17, 15) is 5.11 Å². The highest BCUT2D eigenvalue weighted by Gasteiger charge is 2.36. The summed E-state index contributed by atoms with van der Waals surface area (Å²) in [6.45, 7) is 5.07. The maximum absolute atomic E-state index is 10.7. The molecule has 5 nitrogen and oxygen atoms in total. The smallest absolute Gasteiger partial charge is 0.0819 e. The number of benzene rings is 1. The van der Waals surface area contributed by atoms with Gasteiger partial charge in [0, 0.05) is 11.9 Å². The Morgan fingerprint density at radius 3 is 2.71 bits per heavy atom. The molecule has 0 aliphatic heterocycles. The predicted octanol–water partition coefficient (Wildman–Crippen LogP) is 2.89. The van der Waals surface area contributed by atoms with Crippen molar-refractivity contribution in [1.29, 1.82) is 0 Å². The number of rotatable bonds is 3. The number of nitrogen functional groups attached to an aromatic ring is 1. The number of aromatic nitrogens is 2. The molecule has 0 saturated heterocycles. The van der Waals surface area contributed by atoms with E-state index in [2.05, 4.69) is 29.4 Å². The lowest BCUT2D eigenvalue weighted by Crippen LogP contribution is -2.42. The quantitative estimate of drug-likeness (QED) is 0.654. The summed E-state index contributed by atoms with van der Waals surface area (Å²) in [7, 11) is 0. The minimum atomic E-state index is -0.634. The van der Waals surface area contributed by atoms with Crippen molar-refractivity contribution in [3.8, 4) is 0 Å². The van der Waals surface area contributed by atoms with Gasteiger partial charge in [0.05, 0.1) is 28.7 Å². The molecule has 1 aliphatic rings. The summed E-state index contributed by atoms with van der Waals surface area (Å²) < 4.78 is 0. The fourth-order valence-electron chi connectivity index (χ4n) is 2.99. The monoisotopic (exact) mass is 288 g/mol. The summed E-state index contributed by atoms with van der Waals surface area (Å²) >= 11 is 0. The van der Waals surface area contributed by atoms with Crippen LogP contribution < -0.4 is 11.1 Å². The van der Waals surface area contributed by atoms with E-state index in [1.807, 2.05) is 12.1 Å². The van der Waals surface area contributed by atoms with Gasteiger partial charge in [-0.3, -0.25) is 5.10 Å². The van der Waals surface area contributed by atoms with Crippen molar-refractivity contribution in [1.82, 2.24) is 10.2 Å². The van der Waals surface area contributed by atoms with Crippen LogP contribution in [0, 0.1) is 5.41 Å². The molecule has 0 radical (unpaired) electrons. The Morgan fingerprint density at radius 1 is 1.29 bits per heavy atom. The van der Waals surface area contributed by atoms with E-state index in [0.717, 1.165) is 42.3 Å². The van der Waals surface area contributed by atoms with Gasteiger partial charge in [-0.1, -0.05) is 13.8 Å². The van der Waals surface area contributed by atoms with Crippen LogP contribution in [0.3, 0.4) is 0 Å². The van der Waals surface area contributed by atoms with Gasteiger partial charge in [-0.2, -0.15) is 5.10 Å². The van der Waals surface area contributed by atoms with E-state index >= 15 is 0 Å². The highest BCUT2D eigenvalue weighted by molar-refractivity contribution is 5.88. The van der Waals surface area contributed by atoms with Crippen LogP contribution in [0.15, 0.2) is 18.3 Å². The first-order chi connectivity index (χ1) is 9.87. The lowest BCUT2D eigenvalue weighted by molar-refractivity contribution is -0.0145. The molecule has 21 heavy (non-hydrogen) atoms. The minimum absolute atomic E-state index is 0.347. The molecule has 0 atom stereocenters. The topological polar surface area (TPSA) is 87.0 Å². The van der Waals surface area contributed by atoms with Crippen LogP contribution >= 0.6 is 0 Å². The van der Waals surface area contributed by atoms with Gasteiger partial charge in [-0.05, 0) is 43.2 Å². The number of aromatic amines is 1. The molecule has 0 unspecified atom stereocenters. The third-order valence-corrected chi connectivity index (χ3v) is 4.75. The lowest BCUT2D eigenvalue weighted by Gasteiger charge is -2.40.